The maximum Gasteiger partial charge on any atom is 0.123 e. The molecule has 0 saturated heterocycles. The Bertz CT molecular complexity index is 375. The van der Waals surface area contributed by atoms with Gasteiger partial charge in [0.25, 0.3) is 0 Å². The van der Waals surface area contributed by atoms with E-state index >= 15 is 0 Å². The van der Waals surface area contributed by atoms with E-state index in [2.05, 4.69) is 27.2 Å². The molecule has 1 aromatic rings. The smallest absolute Gasteiger partial charge is 0.123 e. The van der Waals surface area contributed by atoms with E-state index < -0.39 is 0 Å². The molecule has 0 N–H and O–H groups in total. The van der Waals surface area contributed by atoms with Crippen molar-refractivity contribution in [2.75, 3.05) is 21.1 Å². The maximum atomic E-state index is 13.4. The van der Waals surface area contributed by atoms with E-state index in [0.29, 0.717) is 12.0 Å². The molecular weight excluding hydrogens is 213 g/mol. The van der Waals surface area contributed by atoms with Gasteiger partial charge in [-0.2, -0.15) is 0 Å². The summed E-state index contributed by atoms with van der Waals surface area (Å²) in [5.74, 6) is 0.593. The second-order valence-electron chi connectivity index (χ2n) is 6.16. The molecule has 0 aromatic heterocycles. The third-order valence-corrected chi connectivity index (χ3v) is 3.87. The Balaban J connectivity index is 2.33. The molecule has 0 spiro atoms. The Labute approximate surface area is 104 Å². The van der Waals surface area contributed by atoms with Gasteiger partial charge >= 0.3 is 0 Å². The monoisotopic (exact) mass is 236 g/mol. The van der Waals surface area contributed by atoms with E-state index in [-0.39, 0.29) is 5.82 Å². The van der Waals surface area contributed by atoms with Gasteiger partial charge in [-0.1, -0.05) is 25.0 Å². The highest BCUT2D eigenvalue weighted by Crippen LogP contribution is 2.40. The summed E-state index contributed by atoms with van der Waals surface area (Å²) in [6.07, 6.45) is 5.24. The van der Waals surface area contributed by atoms with E-state index in [1.54, 1.807) is 6.07 Å². The molecule has 1 aliphatic rings. The van der Waals surface area contributed by atoms with Crippen molar-refractivity contribution in [1.82, 2.24) is 0 Å². The molecule has 1 fully saturated rings. The third-order valence-electron chi connectivity index (χ3n) is 3.87. The molecule has 1 atom stereocenters. The average Bonchev–Trinajstić information content (AvgIpc) is 2.69. The molecule has 1 saturated carbocycles. The van der Waals surface area contributed by atoms with Crippen LogP contribution in [0.1, 0.15) is 37.3 Å². The number of hydrogen-bond acceptors (Lipinski definition) is 0. The zero-order valence-corrected chi connectivity index (χ0v) is 11.1. The van der Waals surface area contributed by atoms with Crippen molar-refractivity contribution < 1.29 is 8.87 Å². The van der Waals surface area contributed by atoms with Crippen molar-refractivity contribution >= 4 is 0 Å². The Hall–Kier alpha value is -0.890. The first kappa shape index (κ1) is 12.6. The van der Waals surface area contributed by atoms with E-state index in [0.717, 1.165) is 10.0 Å². The summed E-state index contributed by atoms with van der Waals surface area (Å²) >= 11 is 0. The van der Waals surface area contributed by atoms with Gasteiger partial charge in [-0.15, -0.1) is 0 Å². The van der Waals surface area contributed by atoms with Crippen LogP contribution in [-0.2, 0) is 0 Å². The first-order chi connectivity index (χ1) is 7.98. The van der Waals surface area contributed by atoms with Crippen LogP contribution in [0.25, 0.3) is 0 Å². The fourth-order valence-corrected chi connectivity index (χ4v) is 3.32. The molecule has 17 heavy (non-hydrogen) atoms. The van der Waals surface area contributed by atoms with Crippen LogP contribution in [0.3, 0.4) is 0 Å². The van der Waals surface area contributed by atoms with Crippen LogP contribution < -0.4 is 0 Å². The topological polar surface area (TPSA) is 0 Å². The SMILES string of the molecule is C[N+](C)(C)C(c1cccc(F)c1)C1CCCC1. The number of halogens is 1. The number of rotatable bonds is 3. The zero-order chi connectivity index (χ0) is 12.5. The van der Waals surface area contributed by atoms with Crippen LogP contribution in [-0.4, -0.2) is 25.6 Å². The standard InChI is InChI=1S/C15H23FN/c1-17(2,3)15(12-7-4-5-8-12)13-9-6-10-14(16)11-13/h6,9-12,15H,4-5,7-8H2,1-3H3/q+1. The summed E-state index contributed by atoms with van der Waals surface area (Å²) in [6, 6.07) is 7.59. The lowest BCUT2D eigenvalue weighted by molar-refractivity contribution is -0.906. The van der Waals surface area contributed by atoms with Crippen molar-refractivity contribution in [2.45, 2.75) is 31.7 Å². The van der Waals surface area contributed by atoms with Gasteiger partial charge < -0.3 is 4.48 Å². The number of quaternary nitrogens is 1. The van der Waals surface area contributed by atoms with Crippen molar-refractivity contribution in [1.29, 1.82) is 0 Å². The minimum atomic E-state index is -0.112. The predicted molar refractivity (Wildman–Crippen MR) is 69.1 cm³/mol. The van der Waals surface area contributed by atoms with Crippen LogP contribution >= 0.6 is 0 Å². The van der Waals surface area contributed by atoms with Crippen LogP contribution in [0.5, 0.6) is 0 Å². The van der Waals surface area contributed by atoms with E-state index in [1.165, 1.54) is 31.7 Å². The van der Waals surface area contributed by atoms with Gasteiger partial charge in [0.05, 0.1) is 21.1 Å². The highest BCUT2D eigenvalue weighted by Gasteiger charge is 2.35. The molecule has 0 amide bonds. The van der Waals surface area contributed by atoms with Crippen LogP contribution in [0.2, 0.25) is 0 Å². The Morgan fingerprint density at radius 3 is 2.35 bits per heavy atom. The summed E-state index contributed by atoms with van der Waals surface area (Å²) in [6.45, 7) is 0. The van der Waals surface area contributed by atoms with Gasteiger partial charge in [0.15, 0.2) is 0 Å². The summed E-state index contributed by atoms with van der Waals surface area (Å²) in [7, 11) is 6.65. The Kier molecular flexibility index (Phi) is 3.53. The first-order valence-corrected chi connectivity index (χ1v) is 6.55. The minimum Gasteiger partial charge on any atom is -0.324 e. The minimum absolute atomic E-state index is 0.112. The van der Waals surface area contributed by atoms with Gasteiger partial charge in [0.1, 0.15) is 11.9 Å². The van der Waals surface area contributed by atoms with Crippen molar-refractivity contribution in [3.8, 4) is 0 Å². The maximum absolute atomic E-state index is 13.4. The van der Waals surface area contributed by atoms with Crippen molar-refractivity contribution in [2.24, 2.45) is 5.92 Å². The van der Waals surface area contributed by atoms with Crippen LogP contribution in [0.4, 0.5) is 4.39 Å². The molecule has 2 rings (SSSR count). The van der Waals surface area contributed by atoms with Gasteiger partial charge in [-0.25, -0.2) is 4.39 Å². The average molecular weight is 236 g/mol. The highest BCUT2D eigenvalue weighted by atomic mass is 19.1. The molecule has 2 heteroatoms. The molecule has 0 bridgehead atoms. The molecular formula is C15H23FN+. The normalized spacial score (nSPS) is 19.5. The van der Waals surface area contributed by atoms with Gasteiger partial charge in [0, 0.05) is 11.5 Å². The molecule has 0 heterocycles. The van der Waals surface area contributed by atoms with Gasteiger partial charge in [-0.05, 0) is 25.0 Å². The van der Waals surface area contributed by atoms with Crippen LogP contribution in [0.15, 0.2) is 24.3 Å². The lowest BCUT2D eigenvalue weighted by atomic mass is 9.89. The molecule has 1 unspecified atom stereocenters. The summed E-state index contributed by atoms with van der Waals surface area (Å²) in [5.41, 5.74) is 1.16. The number of nitrogens with zero attached hydrogens (tertiary/aromatic N) is 1. The Morgan fingerprint density at radius 2 is 1.82 bits per heavy atom. The van der Waals surface area contributed by atoms with E-state index in [1.807, 2.05) is 6.07 Å². The Morgan fingerprint density at radius 1 is 1.18 bits per heavy atom. The van der Waals surface area contributed by atoms with E-state index in [9.17, 15) is 4.39 Å². The second-order valence-corrected chi connectivity index (χ2v) is 6.16. The lowest BCUT2D eigenvalue weighted by Crippen LogP contribution is -2.42. The highest BCUT2D eigenvalue weighted by molar-refractivity contribution is 5.20. The molecule has 0 aliphatic heterocycles. The van der Waals surface area contributed by atoms with Crippen molar-refractivity contribution in [3.63, 3.8) is 0 Å². The lowest BCUT2D eigenvalue weighted by Gasteiger charge is -2.38. The fraction of sp³-hybridized carbons (Fsp3) is 0.600. The van der Waals surface area contributed by atoms with Gasteiger partial charge in [-0.3, -0.25) is 0 Å². The largest absolute Gasteiger partial charge is 0.324 e. The van der Waals surface area contributed by atoms with E-state index in [4.69, 9.17) is 0 Å². The van der Waals surface area contributed by atoms with Gasteiger partial charge in [0.2, 0.25) is 0 Å². The summed E-state index contributed by atoms with van der Waals surface area (Å²) in [4.78, 5) is 0. The molecule has 0 radical (unpaired) electrons. The zero-order valence-electron chi connectivity index (χ0n) is 11.1. The third kappa shape index (κ3) is 2.86. The number of benzene rings is 1. The summed E-state index contributed by atoms with van der Waals surface area (Å²) < 4.78 is 14.3. The predicted octanol–water partition coefficient (Wildman–Crippen LogP) is 3.76. The molecule has 1 aliphatic carbocycles. The summed E-state index contributed by atoms with van der Waals surface area (Å²) in [5, 5.41) is 0. The molecule has 1 nitrogen and oxygen atoms in total. The quantitative estimate of drug-likeness (QED) is 0.701. The molecule has 1 aromatic carbocycles. The van der Waals surface area contributed by atoms with Crippen LogP contribution in [0, 0.1) is 11.7 Å². The fourth-order valence-electron chi connectivity index (χ4n) is 3.32. The number of hydrogen-bond donors (Lipinski definition) is 0. The molecule has 94 valence electrons. The first-order valence-electron chi connectivity index (χ1n) is 6.55. The van der Waals surface area contributed by atoms with Crippen molar-refractivity contribution in [3.05, 3.63) is 35.6 Å². The second kappa shape index (κ2) is 4.77.